The van der Waals surface area contributed by atoms with Crippen molar-refractivity contribution in [3.63, 3.8) is 0 Å². The van der Waals surface area contributed by atoms with Crippen molar-refractivity contribution in [2.45, 2.75) is 19.1 Å². The Morgan fingerprint density at radius 2 is 2.30 bits per heavy atom. The first-order valence-electron chi connectivity index (χ1n) is 6.72. The Hall–Kier alpha value is -1.27. The van der Waals surface area contributed by atoms with Gasteiger partial charge in [-0.15, -0.1) is 11.3 Å². The molecule has 1 unspecified atom stereocenters. The van der Waals surface area contributed by atoms with Crippen molar-refractivity contribution in [1.82, 2.24) is 10.3 Å². The van der Waals surface area contributed by atoms with Crippen molar-refractivity contribution in [2.24, 2.45) is 0 Å². The van der Waals surface area contributed by atoms with E-state index >= 15 is 0 Å². The Balaban J connectivity index is 1.51. The van der Waals surface area contributed by atoms with Gasteiger partial charge in [0.25, 0.3) is 0 Å². The molecule has 5 heteroatoms. The Morgan fingerprint density at radius 1 is 1.35 bits per heavy atom. The molecular weight excluding hydrogens is 272 g/mol. The Labute approximate surface area is 123 Å². The molecule has 0 saturated carbocycles. The molecule has 2 aromatic heterocycles. The maximum atomic E-state index is 9.78. The van der Waals surface area contributed by atoms with Crippen LogP contribution in [0.25, 0.3) is 0 Å². The van der Waals surface area contributed by atoms with Gasteiger partial charge < -0.3 is 15.2 Å². The second-order valence-corrected chi connectivity index (χ2v) is 5.60. The number of hydrogen-bond donors (Lipinski definition) is 2. The third kappa shape index (κ3) is 5.79. The van der Waals surface area contributed by atoms with Gasteiger partial charge in [-0.1, -0.05) is 12.1 Å². The van der Waals surface area contributed by atoms with Gasteiger partial charge in [-0.2, -0.15) is 0 Å². The molecular formula is C15H20N2O2S. The van der Waals surface area contributed by atoms with E-state index in [1.54, 1.807) is 17.5 Å². The zero-order valence-corrected chi connectivity index (χ0v) is 12.2. The third-order valence-electron chi connectivity index (χ3n) is 2.83. The zero-order chi connectivity index (χ0) is 14.0. The van der Waals surface area contributed by atoms with Crippen molar-refractivity contribution in [3.05, 3.63) is 52.5 Å². The van der Waals surface area contributed by atoms with Gasteiger partial charge in [0.2, 0.25) is 0 Å². The summed E-state index contributed by atoms with van der Waals surface area (Å²) in [6.07, 6.45) is 4.08. The maximum absolute atomic E-state index is 9.78. The van der Waals surface area contributed by atoms with Gasteiger partial charge in [0, 0.05) is 23.8 Å². The number of aliphatic hydroxyl groups is 1. The largest absolute Gasteiger partial charge is 0.389 e. The highest BCUT2D eigenvalue weighted by Gasteiger charge is 2.04. The first-order valence-corrected chi connectivity index (χ1v) is 7.60. The number of hydrogen-bond acceptors (Lipinski definition) is 5. The zero-order valence-electron chi connectivity index (χ0n) is 11.4. The van der Waals surface area contributed by atoms with Gasteiger partial charge in [0.15, 0.2) is 0 Å². The highest BCUT2D eigenvalue weighted by molar-refractivity contribution is 7.09. The molecule has 108 valence electrons. The van der Waals surface area contributed by atoms with E-state index in [1.807, 2.05) is 29.8 Å². The molecule has 0 aliphatic heterocycles. The molecule has 20 heavy (non-hydrogen) atoms. The van der Waals surface area contributed by atoms with Crippen LogP contribution >= 0.6 is 11.3 Å². The van der Waals surface area contributed by atoms with E-state index in [0.29, 0.717) is 19.8 Å². The average Bonchev–Trinajstić information content (AvgIpc) is 2.98. The standard InChI is InChI=1S/C15H20N2O2S/c18-14(11-19-12-15-4-2-8-20-15)10-17-7-5-13-3-1-6-16-9-13/h1-4,6,8-9,14,17-18H,5,7,10-12H2. The maximum Gasteiger partial charge on any atom is 0.0897 e. The number of thiophene rings is 1. The van der Waals surface area contributed by atoms with Crippen LogP contribution < -0.4 is 5.32 Å². The SMILES string of the molecule is OC(CNCCc1cccnc1)COCc1cccs1. The molecule has 0 aromatic carbocycles. The van der Waals surface area contributed by atoms with E-state index < -0.39 is 6.10 Å². The number of aromatic nitrogens is 1. The van der Waals surface area contributed by atoms with Crippen LogP contribution in [0.5, 0.6) is 0 Å². The van der Waals surface area contributed by atoms with Crippen LogP contribution in [0.2, 0.25) is 0 Å². The Bertz CT molecular complexity index is 462. The first-order chi connectivity index (χ1) is 9.84. The molecule has 0 bridgehead atoms. The van der Waals surface area contributed by atoms with Gasteiger partial charge in [-0.05, 0) is 36.0 Å². The predicted octanol–water partition coefficient (Wildman–Crippen LogP) is 1.85. The van der Waals surface area contributed by atoms with Crippen LogP contribution in [0.1, 0.15) is 10.4 Å². The summed E-state index contributed by atoms with van der Waals surface area (Å²) in [5.74, 6) is 0. The normalized spacial score (nSPS) is 12.4. The molecule has 0 radical (unpaired) electrons. The fourth-order valence-corrected chi connectivity index (χ4v) is 2.44. The molecule has 0 fully saturated rings. The number of nitrogens with zero attached hydrogens (tertiary/aromatic N) is 1. The molecule has 2 rings (SSSR count). The topological polar surface area (TPSA) is 54.4 Å². The molecule has 1 atom stereocenters. The lowest BCUT2D eigenvalue weighted by Crippen LogP contribution is -2.31. The van der Waals surface area contributed by atoms with Gasteiger partial charge in [-0.3, -0.25) is 4.98 Å². The number of aliphatic hydroxyl groups excluding tert-OH is 1. The molecule has 2 N–H and O–H groups in total. The van der Waals surface area contributed by atoms with E-state index in [0.717, 1.165) is 13.0 Å². The van der Waals surface area contributed by atoms with Gasteiger partial charge >= 0.3 is 0 Å². The molecule has 0 spiro atoms. The molecule has 2 aromatic rings. The van der Waals surface area contributed by atoms with Gasteiger partial charge in [0.1, 0.15) is 0 Å². The van der Waals surface area contributed by atoms with E-state index in [4.69, 9.17) is 4.74 Å². The molecule has 4 nitrogen and oxygen atoms in total. The van der Waals surface area contributed by atoms with Crippen LogP contribution in [0.3, 0.4) is 0 Å². The lowest BCUT2D eigenvalue weighted by atomic mass is 10.2. The molecule has 0 aliphatic rings. The summed E-state index contributed by atoms with van der Waals surface area (Å²) < 4.78 is 5.47. The van der Waals surface area contributed by atoms with Crippen molar-refractivity contribution in [2.75, 3.05) is 19.7 Å². The van der Waals surface area contributed by atoms with E-state index in [2.05, 4.69) is 16.4 Å². The van der Waals surface area contributed by atoms with E-state index in [9.17, 15) is 5.11 Å². The lowest BCUT2D eigenvalue weighted by molar-refractivity contribution is 0.0300. The Morgan fingerprint density at radius 3 is 3.05 bits per heavy atom. The minimum absolute atomic E-state index is 0.359. The molecule has 0 amide bonds. The number of ether oxygens (including phenoxy) is 1. The Kier molecular flexibility index (Phi) is 6.66. The van der Waals surface area contributed by atoms with E-state index in [-0.39, 0.29) is 0 Å². The average molecular weight is 292 g/mol. The van der Waals surface area contributed by atoms with Crippen LogP contribution in [-0.4, -0.2) is 35.9 Å². The number of pyridine rings is 1. The molecule has 0 aliphatic carbocycles. The van der Waals surface area contributed by atoms with E-state index in [1.165, 1.54) is 10.4 Å². The first kappa shape index (κ1) is 15.1. The molecule has 2 heterocycles. The quantitative estimate of drug-likeness (QED) is 0.693. The summed E-state index contributed by atoms with van der Waals surface area (Å²) >= 11 is 1.67. The lowest BCUT2D eigenvalue weighted by Gasteiger charge is -2.12. The number of rotatable bonds is 9. The smallest absolute Gasteiger partial charge is 0.0897 e. The fourth-order valence-electron chi connectivity index (χ4n) is 1.80. The highest BCUT2D eigenvalue weighted by atomic mass is 32.1. The van der Waals surface area contributed by atoms with Crippen LogP contribution in [-0.2, 0) is 17.8 Å². The summed E-state index contributed by atoms with van der Waals surface area (Å²) in [5, 5.41) is 15.0. The minimum atomic E-state index is -0.469. The summed E-state index contributed by atoms with van der Waals surface area (Å²) in [6, 6.07) is 8.01. The van der Waals surface area contributed by atoms with Crippen LogP contribution in [0, 0.1) is 0 Å². The number of nitrogens with one attached hydrogen (secondary N) is 1. The molecule has 0 saturated heterocycles. The minimum Gasteiger partial charge on any atom is -0.389 e. The second-order valence-electron chi connectivity index (χ2n) is 4.56. The summed E-state index contributed by atoms with van der Waals surface area (Å²) in [7, 11) is 0. The highest BCUT2D eigenvalue weighted by Crippen LogP contribution is 2.09. The summed E-state index contributed by atoms with van der Waals surface area (Å²) in [5.41, 5.74) is 1.20. The van der Waals surface area contributed by atoms with Gasteiger partial charge in [0.05, 0.1) is 19.3 Å². The summed E-state index contributed by atoms with van der Waals surface area (Å²) in [6.45, 7) is 2.31. The van der Waals surface area contributed by atoms with Gasteiger partial charge in [-0.25, -0.2) is 0 Å². The van der Waals surface area contributed by atoms with Crippen molar-refractivity contribution in [1.29, 1.82) is 0 Å². The third-order valence-corrected chi connectivity index (χ3v) is 3.68. The van der Waals surface area contributed by atoms with Crippen molar-refractivity contribution in [3.8, 4) is 0 Å². The summed E-state index contributed by atoms with van der Waals surface area (Å²) in [4.78, 5) is 5.25. The van der Waals surface area contributed by atoms with Crippen LogP contribution in [0.15, 0.2) is 42.0 Å². The van der Waals surface area contributed by atoms with Crippen molar-refractivity contribution < 1.29 is 9.84 Å². The fraction of sp³-hybridized carbons (Fsp3) is 0.400. The predicted molar refractivity (Wildman–Crippen MR) is 80.8 cm³/mol. The monoisotopic (exact) mass is 292 g/mol. The van der Waals surface area contributed by atoms with Crippen molar-refractivity contribution >= 4 is 11.3 Å². The van der Waals surface area contributed by atoms with Crippen LogP contribution in [0.4, 0.5) is 0 Å². The second kappa shape index (κ2) is 8.81.